The van der Waals surface area contributed by atoms with Gasteiger partial charge < -0.3 is 14.3 Å². The van der Waals surface area contributed by atoms with E-state index in [1.54, 1.807) is 6.26 Å². The molecule has 20 heavy (non-hydrogen) atoms. The molecule has 0 spiro atoms. The summed E-state index contributed by atoms with van der Waals surface area (Å²) >= 11 is 1.51. The molecule has 2 aromatic rings. The maximum atomic E-state index is 11.6. The van der Waals surface area contributed by atoms with Gasteiger partial charge in [-0.05, 0) is 34.5 Å². The number of hydrogen-bond acceptors (Lipinski definition) is 5. The van der Waals surface area contributed by atoms with Gasteiger partial charge in [0, 0.05) is 13.1 Å². The van der Waals surface area contributed by atoms with E-state index in [9.17, 15) is 9.90 Å². The van der Waals surface area contributed by atoms with Crippen LogP contribution in [0.2, 0.25) is 0 Å². The van der Waals surface area contributed by atoms with Crippen LogP contribution in [0.4, 0.5) is 0 Å². The Bertz CT molecular complexity index is 552. The molecule has 0 saturated carbocycles. The molecule has 5 nitrogen and oxygen atoms in total. The van der Waals surface area contributed by atoms with Crippen LogP contribution in [0.5, 0.6) is 0 Å². The van der Waals surface area contributed by atoms with E-state index in [-0.39, 0.29) is 6.10 Å². The largest absolute Gasteiger partial charge is 0.480 e. The number of carboxylic acids is 1. The summed E-state index contributed by atoms with van der Waals surface area (Å²) < 4.78 is 11.0. The zero-order chi connectivity index (χ0) is 13.9. The Morgan fingerprint density at radius 2 is 2.40 bits per heavy atom. The Hall–Kier alpha value is -1.63. The zero-order valence-electron chi connectivity index (χ0n) is 10.8. The summed E-state index contributed by atoms with van der Waals surface area (Å²) in [6.45, 7) is 1.61. The van der Waals surface area contributed by atoms with Gasteiger partial charge in [-0.25, -0.2) is 0 Å². The van der Waals surface area contributed by atoms with Crippen molar-refractivity contribution in [3.63, 3.8) is 0 Å². The van der Waals surface area contributed by atoms with Gasteiger partial charge in [0.2, 0.25) is 0 Å². The van der Waals surface area contributed by atoms with Crippen molar-refractivity contribution in [2.45, 2.75) is 12.1 Å². The third-order valence-corrected chi connectivity index (χ3v) is 4.12. The van der Waals surface area contributed by atoms with Crippen LogP contribution >= 0.6 is 11.3 Å². The summed E-state index contributed by atoms with van der Waals surface area (Å²) in [5.74, 6) is -0.0901. The predicted molar refractivity (Wildman–Crippen MR) is 73.7 cm³/mol. The molecular formula is C14H15NO4S. The molecule has 1 fully saturated rings. The summed E-state index contributed by atoms with van der Waals surface area (Å²) in [5.41, 5.74) is 0.822. The molecule has 0 radical (unpaired) electrons. The van der Waals surface area contributed by atoms with Gasteiger partial charge in [-0.3, -0.25) is 9.69 Å². The van der Waals surface area contributed by atoms with Crippen molar-refractivity contribution >= 4 is 17.3 Å². The van der Waals surface area contributed by atoms with Crippen LogP contribution in [0.1, 0.15) is 23.5 Å². The van der Waals surface area contributed by atoms with Gasteiger partial charge >= 0.3 is 5.97 Å². The molecule has 1 N–H and O–H groups in total. The van der Waals surface area contributed by atoms with E-state index < -0.39 is 12.0 Å². The zero-order valence-corrected chi connectivity index (χ0v) is 11.6. The second-order valence-electron chi connectivity index (χ2n) is 4.67. The van der Waals surface area contributed by atoms with E-state index in [1.807, 2.05) is 33.9 Å². The molecule has 0 aromatic carbocycles. The lowest BCUT2D eigenvalue weighted by atomic mass is 10.1. The Morgan fingerprint density at radius 3 is 3.05 bits per heavy atom. The average molecular weight is 293 g/mol. The molecular weight excluding hydrogens is 278 g/mol. The minimum atomic E-state index is -0.830. The molecule has 1 aliphatic heterocycles. The third kappa shape index (κ3) is 2.63. The van der Waals surface area contributed by atoms with Gasteiger partial charge in [0.25, 0.3) is 0 Å². The fourth-order valence-electron chi connectivity index (χ4n) is 2.49. The molecule has 2 aromatic heterocycles. The SMILES string of the molecule is O=C(O)C(c1ccsc1)N1CCOC(c2ccco2)C1. The van der Waals surface area contributed by atoms with Crippen LogP contribution in [0.3, 0.4) is 0 Å². The monoisotopic (exact) mass is 293 g/mol. The molecule has 1 saturated heterocycles. The number of morpholine rings is 1. The maximum Gasteiger partial charge on any atom is 0.325 e. The molecule has 2 unspecified atom stereocenters. The maximum absolute atomic E-state index is 11.6. The van der Waals surface area contributed by atoms with Gasteiger partial charge in [-0.1, -0.05) is 0 Å². The normalized spacial score (nSPS) is 21.7. The van der Waals surface area contributed by atoms with Gasteiger partial charge in [0.1, 0.15) is 17.9 Å². The topological polar surface area (TPSA) is 62.9 Å². The number of furan rings is 1. The van der Waals surface area contributed by atoms with Crippen LogP contribution in [-0.2, 0) is 9.53 Å². The van der Waals surface area contributed by atoms with E-state index in [4.69, 9.17) is 9.15 Å². The van der Waals surface area contributed by atoms with Crippen molar-refractivity contribution in [3.05, 3.63) is 46.5 Å². The van der Waals surface area contributed by atoms with Crippen molar-refractivity contribution in [1.29, 1.82) is 0 Å². The average Bonchev–Trinajstić information content (AvgIpc) is 3.12. The number of carboxylic acid groups (broad SMARTS) is 1. The number of hydrogen-bond donors (Lipinski definition) is 1. The molecule has 3 rings (SSSR count). The van der Waals surface area contributed by atoms with Crippen molar-refractivity contribution in [1.82, 2.24) is 4.90 Å². The van der Waals surface area contributed by atoms with Crippen molar-refractivity contribution in [2.24, 2.45) is 0 Å². The first-order valence-electron chi connectivity index (χ1n) is 6.39. The summed E-state index contributed by atoms with van der Waals surface area (Å²) in [7, 11) is 0. The van der Waals surface area contributed by atoms with Crippen molar-refractivity contribution in [3.8, 4) is 0 Å². The number of thiophene rings is 1. The Kier molecular flexibility index (Phi) is 3.86. The van der Waals surface area contributed by atoms with Crippen LogP contribution < -0.4 is 0 Å². The van der Waals surface area contributed by atoms with Crippen molar-refractivity contribution < 1.29 is 19.1 Å². The highest BCUT2D eigenvalue weighted by atomic mass is 32.1. The number of rotatable bonds is 4. The first-order valence-corrected chi connectivity index (χ1v) is 7.34. The van der Waals surface area contributed by atoms with E-state index in [1.165, 1.54) is 11.3 Å². The summed E-state index contributed by atoms with van der Waals surface area (Å²) in [6.07, 6.45) is 1.39. The van der Waals surface area contributed by atoms with Gasteiger partial charge in [-0.2, -0.15) is 11.3 Å². The lowest BCUT2D eigenvalue weighted by molar-refractivity contribution is -0.147. The smallest absolute Gasteiger partial charge is 0.325 e. The molecule has 0 aliphatic carbocycles. The quantitative estimate of drug-likeness (QED) is 0.938. The van der Waals surface area contributed by atoms with E-state index in [0.717, 1.165) is 11.3 Å². The van der Waals surface area contributed by atoms with Crippen LogP contribution in [0.25, 0.3) is 0 Å². The highest BCUT2D eigenvalue weighted by Crippen LogP contribution is 2.30. The molecule has 0 amide bonds. The first-order chi connectivity index (χ1) is 9.75. The number of ether oxygens (including phenoxy) is 1. The lowest BCUT2D eigenvalue weighted by Gasteiger charge is -2.35. The highest BCUT2D eigenvalue weighted by Gasteiger charge is 2.33. The van der Waals surface area contributed by atoms with E-state index in [2.05, 4.69) is 0 Å². The number of carbonyl (C=O) groups is 1. The predicted octanol–water partition coefficient (Wildman–Crippen LogP) is 2.54. The van der Waals surface area contributed by atoms with Crippen LogP contribution in [-0.4, -0.2) is 35.7 Å². The summed E-state index contributed by atoms with van der Waals surface area (Å²) in [4.78, 5) is 13.5. The second kappa shape index (κ2) is 5.78. The number of aliphatic carboxylic acids is 1. The van der Waals surface area contributed by atoms with Gasteiger partial charge in [0.05, 0.1) is 12.9 Å². The fraction of sp³-hybridized carbons (Fsp3) is 0.357. The summed E-state index contributed by atoms with van der Waals surface area (Å²) in [6, 6.07) is 4.91. The summed E-state index contributed by atoms with van der Waals surface area (Å²) in [5, 5.41) is 13.3. The third-order valence-electron chi connectivity index (χ3n) is 3.42. The fourth-order valence-corrected chi connectivity index (χ4v) is 3.17. The molecule has 2 atom stereocenters. The Morgan fingerprint density at radius 1 is 1.50 bits per heavy atom. The van der Waals surface area contributed by atoms with E-state index >= 15 is 0 Å². The highest BCUT2D eigenvalue weighted by molar-refractivity contribution is 7.08. The Balaban J connectivity index is 1.79. The molecule has 0 bridgehead atoms. The minimum Gasteiger partial charge on any atom is -0.480 e. The van der Waals surface area contributed by atoms with Gasteiger partial charge in [-0.15, -0.1) is 0 Å². The molecule has 106 valence electrons. The van der Waals surface area contributed by atoms with Crippen LogP contribution in [0.15, 0.2) is 39.6 Å². The second-order valence-corrected chi connectivity index (χ2v) is 5.45. The van der Waals surface area contributed by atoms with Crippen LogP contribution in [0, 0.1) is 0 Å². The van der Waals surface area contributed by atoms with Crippen molar-refractivity contribution in [2.75, 3.05) is 19.7 Å². The van der Waals surface area contributed by atoms with Gasteiger partial charge in [0.15, 0.2) is 0 Å². The Labute approximate surface area is 120 Å². The minimum absolute atomic E-state index is 0.209. The molecule has 1 aliphatic rings. The standard InChI is InChI=1S/C14H15NO4S/c16-14(17)13(10-3-7-20-9-10)15-4-6-19-12(8-15)11-2-1-5-18-11/h1-3,5,7,9,12-13H,4,6,8H2,(H,16,17). The molecule has 3 heterocycles. The number of nitrogens with zero attached hydrogens (tertiary/aromatic N) is 1. The lowest BCUT2D eigenvalue weighted by Crippen LogP contribution is -2.43. The molecule has 6 heteroatoms. The first kappa shape index (κ1) is 13.4. The van der Waals surface area contributed by atoms with E-state index in [0.29, 0.717) is 19.7 Å².